The van der Waals surface area contributed by atoms with Crippen molar-refractivity contribution in [3.63, 3.8) is 0 Å². The van der Waals surface area contributed by atoms with E-state index in [1.807, 2.05) is 0 Å². The van der Waals surface area contributed by atoms with Gasteiger partial charge in [-0.25, -0.2) is 5.73 Å². The van der Waals surface area contributed by atoms with Crippen LogP contribution in [-0.4, -0.2) is 12.0 Å². The molecular formula is C8H11N3O3. The molecule has 0 fully saturated rings. The summed E-state index contributed by atoms with van der Waals surface area (Å²) in [6, 6.07) is 6.26. The first-order chi connectivity index (χ1) is 6.52. The molecule has 0 aliphatic heterocycles. The molecule has 6 heteroatoms. The average molecular weight is 197 g/mol. The zero-order valence-corrected chi connectivity index (χ0v) is 7.64. The Balaban J connectivity index is 3.26. The predicted octanol–water partition coefficient (Wildman–Crippen LogP) is 0.261. The van der Waals surface area contributed by atoms with Crippen LogP contribution in [0.3, 0.4) is 0 Å². The Hall–Kier alpha value is -1.66. The molecule has 1 aromatic rings. The van der Waals surface area contributed by atoms with Crippen molar-refractivity contribution in [2.75, 3.05) is 12.8 Å². The second kappa shape index (κ2) is 3.60. The molecule has 0 aliphatic carbocycles. The number of nitrogen functional groups attached to an aromatic ring is 1. The first kappa shape index (κ1) is 10.4. The molecule has 0 heterocycles. The highest BCUT2D eigenvalue weighted by Gasteiger charge is 2.42. The Morgan fingerprint density at radius 2 is 2.07 bits per heavy atom. The van der Waals surface area contributed by atoms with Crippen LogP contribution >= 0.6 is 0 Å². The van der Waals surface area contributed by atoms with Crippen molar-refractivity contribution in [3.8, 4) is 0 Å². The zero-order chi connectivity index (χ0) is 10.8. The van der Waals surface area contributed by atoms with Gasteiger partial charge in [0.25, 0.3) is 0 Å². The Morgan fingerprint density at radius 1 is 1.50 bits per heavy atom. The maximum atomic E-state index is 10.7. The third-order valence-electron chi connectivity index (χ3n) is 1.93. The molecule has 4 N–H and O–H groups in total. The summed E-state index contributed by atoms with van der Waals surface area (Å²) >= 11 is 0. The van der Waals surface area contributed by atoms with Gasteiger partial charge in [0, 0.05) is 12.8 Å². The minimum absolute atomic E-state index is 0.146. The molecule has 1 unspecified atom stereocenters. The number of methoxy groups -OCH3 is 1. The van der Waals surface area contributed by atoms with E-state index in [1.165, 1.54) is 12.1 Å². The predicted molar refractivity (Wildman–Crippen MR) is 50.7 cm³/mol. The topological polar surface area (TPSA) is 104 Å². The molecule has 76 valence electrons. The van der Waals surface area contributed by atoms with Crippen molar-refractivity contribution in [3.05, 3.63) is 39.9 Å². The van der Waals surface area contributed by atoms with Gasteiger partial charge in [0.05, 0.1) is 10.5 Å². The maximum Gasteiger partial charge on any atom is 0.412 e. The van der Waals surface area contributed by atoms with Crippen LogP contribution in [-0.2, 0) is 10.6 Å². The third kappa shape index (κ3) is 1.52. The number of nitro groups is 1. The van der Waals surface area contributed by atoms with Crippen molar-refractivity contribution < 1.29 is 9.66 Å². The van der Waals surface area contributed by atoms with Gasteiger partial charge in [0.15, 0.2) is 0 Å². The van der Waals surface area contributed by atoms with Crippen molar-refractivity contribution in [2.24, 2.45) is 5.73 Å². The van der Waals surface area contributed by atoms with Crippen LogP contribution in [0.25, 0.3) is 0 Å². The number of hydrogen-bond acceptors (Lipinski definition) is 5. The fraction of sp³-hybridized carbons (Fsp3) is 0.250. The van der Waals surface area contributed by atoms with Crippen LogP contribution < -0.4 is 11.5 Å². The number of ether oxygens (including phenoxy) is 1. The highest BCUT2D eigenvalue weighted by atomic mass is 16.7. The molecule has 0 saturated heterocycles. The monoisotopic (exact) mass is 197 g/mol. The number of rotatable bonds is 3. The van der Waals surface area contributed by atoms with Gasteiger partial charge in [-0.15, -0.1) is 0 Å². The first-order valence-electron chi connectivity index (χ1n) is 3.86. The van der Waals surface area contributed by atoms with Gasteiger partial charge in [-0.2, -0.15) is 0 Å². The average Bonchev–Trinajstić information content (AvgIpc) is 2.17. The molecule has 0 bridgehead atoms. The Morgan fingerprint density at radius 3 is 2.50 bits per heavy atom. The summed E-state index contributed by atoms with van der Waals surface area (Å²) in [4.78, 5) is 9.98. The van der Waals surface area contributed by atoms with E-state index in [2.05, 4.69) is 4.74 Å². The Kier molecular flexibility index (Phi) is 2.68. The SMILES string of the molecule is COC(N)(c1ccccc1N)[N+](=O)[O-]. The maximum absolute atomic E-state index is 10.7. The van der Waals surface area contributed by atoms with Gasteiger partial charge in [0.1, 0.15) is 0 Å². The third-order valence-corrected chi connectivity index (χ3v) is 1.93. The number of anilines is 1. The van der Waals surface area contributed by atoms with Gasteiger partial charge in [-0.1, -0.05) is 12.1 Å². The van der Waals surface area contributed by atoms with Gasteiger partial charge >= 0.3 is 5.85 Å². The molecule has 0 aliphatic rings. The molecule has 0 spiro atoms. The summed E-state index contributed by atoms with van der Waals surface area (Å²) in [5, 5.41) is 10.7. The molecule has 14 heavy (non-hydrogen) atoms. The standard InChI is InChI=1S/C8H11N3O3/c1-14-8(10,11(12)13)6-4-2-3-5-7(6)9/h2-5H,9-10H2,1H3. The highest BCUT2D eigenvalue weighted by Crippen LogP contribution is 2.24. The lowest BCUT2D eigenvalue weighted by atomic mass is 10.1. The van der Waals surface area contributed by atoms with Crippen LogP contribution in [0.1, 0.15) is 5.56 Å². The van der Waals surface area contributed by atoms with Gasteiger partial charge in [-0.05, 0) is 12.1 Å². The van der Waals surface area contributed by atoms with Gasteiger partial charge in [-0.3, -0.25) is 10.1 Å². The summed E-state index contributed by atoms with van der Waals surface area (Å²) < 4.78 is 4.66. The van der Waals surface area contributed by atoms with Crippen LogP contribution in [0, 0.1) is 10.1 Å². The fourth-order valence-electron chi connectivity index (χ4n) is 1.11. The second-order valence-electron chi connectivity index (χ2n) is 2.74. The number of para-hydroxylation sites is 1. The van der Waals surface area contributed by atoms with E-state index in [9.17, 15) is 10.1 Å². The minimum atomic E-state index is -2.08. The molecule has 0 amide bonds. The van der Waals surface area contributed by atoms with Crippen LogP contribution in [0.5, 0.6) is 0 Å². The molecule has 0 radical (unpaired) electrons. The molecule has 0 aromatic heterocycles. The highest BCUT2D eigenvalue weighted by molar-refractivity contribution is 5.48. The van der Waals surface area contributed by atoms with E-state index in [0.29, 0.717) is 0 Å². The van der Waals surface area contributed by atoms with E-state index in [-0.39, 0.29) is 11.3 Å². The van der Waals surface area contributed by atoms with E-state index >= 15 is 0 Å². The molecule has 6 nitrogen and oxygen atoms in total. The molecule has 0 saturated carbocycles. The molecule has 1 aromatic carbocycles. The number of nitrogens with two attached hydrogens (primary N) is 2. The van der Waals surface area contributed by atoms with Crippen LogP contribution in [0.2, 0.25) is 0 Å². The van der Waals surface area contributed by atoms with E-state index in [1.54, 1.807) is 12.1 Å². The van der Waals surface area contributed by atoms with Gasteiger partial charge in [0.2, 0.25) is 0 Å². The minimum Gasteiger partial charge on any atom is -0.398 e. The number of nitrogens with zero attached hydrogens (tertiary/aromatic N) is 1. The second-order valence-corrected chi connectivity index (χ2v) is 2.74. The normalized spacial score (nSPS) is 14.7. The first-order valence-corrected chi connectivity index (χ1v) is 3.86. The lowest BCUT2D eigenvalue weighted by Crippen LogP contribution is -2.46. The van der Waals surface area contributed by atoms with Crippen molar-refractivity contribution in [1.82, 2.24) is 0 Å². The number of hydrogen-bond donors (Lipinski definition) is 2. The summed E-state index contributed by atoms with van der Waals surface area (Å²) in [5.74, 6) is -2.08. The van der Waals surface area contributed by atoms with E-state index in [0.717, 1.165) is 7.11 Å². The van der Waals surface area contributed by atoms with Crippen molar-refractivity contribution >= 4 is 5.69 Å². The molecule has 1 rings (SSSR count). The lowest BCUT2D eigenvalue weighted by molar-refractivity contribution is -0.637. The van der Waals surface area contributed by atoms with Gasteiger partial charge < -0.3 is 10.5 Å². The summed E-state index contributed by atoms with van der Waals surface area (Å²) in [5.41, 5.74) is 11.4. The Labute approximate surface area is 80.6 Å². The van der Waals surface area contributed by atoms with E-state index < -0.39 is 10.8 Å². The van der Waals surface area contributed by atoms with Crippen LogP contribution in [0.4, 0.5) is 5.69 Å². The lowest BCUT2D eigenvalue weighted by Gasteiger charge is -2.19. The number of benzene rings is 1. The zero-order valence-electron chi connectivity index (χ0n) is 7.64. The summed E-state index contributed by atoms with van der Waals surface area (Å²) in [6.07, 6.45) is 0. The molecular weight excluding hydrogens is 186 g/mol. The smallest absolute Gasteiger partial charge is 0.398 e. The largest absolute Gasteiger partial charge is 0.412 e. The summed E-state index contributed by atoms with van der Waals surface area (Å²) in [6.45, 7) is 0. The Bertz CT molecular complexity index is 355. The fourth-order valence-corrected chi connectivity index (χ4v) is 1.11. The summed E-state index contributed by atoms with van der Waals surface area (Å²) in [7, 11) is 1.16. The van der Waals surface area contributed by atoms with E-state index in [4.69, 9.17) is 11.5 Å². The van der Waals surface area contributed by atoms with Crippen molar-refractivity contribution in [2.45, 2.75) is 5.85 Å². The van der Waals surface area contributed by atoms with Crippen LogP contribution in [0.15, 0.2) is 24.3 Å². The van der Waals surface area contributed by atoms with Crippen molar-refractivity contribution in [1.29, 1.82) is 0 Å². The quantitative estimate of drug-likeness (QED) is 0.313. The molecule has 1 atom stereocenters.